The van der Waals surface area contributed by atoms with Crippen molar-refractivity contribution in [1.29, 1.82) is 0 Å². The average Bonchev–Trinajstić information content (AvgIpc) is 2.70. The van der Waals surface area contributed by atoms with Crippen LogP contribution in [0.15, 0.2) is 30.3 Å². The van der Waals surface area contributed by atoms with Crippen molar-refractivity contribution in [2.75, 3.05) is 27.3 Å². The van der Waals surface area contributed by atoms with Gasteiger partial charge in [0.1, 0.15) is 11.5 Å². The molecule has 2 N–H and O–H groups in total. The Balaban J connectivity index is 1.81. The normalized spacial score (nSPS) is 19.5. The van der Waals surface area contributed by atoms with Crippen LogP contribution < -0.4 is 9.47 Å². The van der Waals surface area contributed by atoms with Gasteiger partial charge in [0.15, 0.2) is 17.3 Å². The molecular formula is C24H31NO5. The number of hydrogen-bond donors (Lipinski definition) is 2. The van der Waals surface area contributed by atoms with Crippen molar-refractivity contribution in [2.45, 2.75) is 33.2 Å². The number of piperidine rings is 1. The molecule has 0 aromatic heterocycles. The summed E-state index contributed by atoms with van der Waals surface area (Å²) in [5.41, 5.74) is 1.38. The Morgan fingerprint density at radius 2 is 1.70 bits per heavy atom. The summed E-state index contributed by atoms with van der Waals surface area (Å²) in [6, 6.07) is 8.29. The van der Waals surface area contributed by atoms with Gasteiger partial charge in [-0.25, -0.2) is 0 Å². The zero-order valence-electron chi connectivity index (χ0n) is 18.1. The van der Waals surface area contributed by atoms with Crippen molar-refractivity contribution in [1.82, 2.24) is 4.90 Å². The number of phenolic OH excluding ortho intramolecular Hbond substituents is 2. The minimum absolute atomic E-state index is 0.0149. The number of methoxy groups -OCH3 is 2. The standard InChI is InChI=1S/C24H31NO5/c1-15-9-16(2)13-25(12-15)14-19-20(26)7-6-18(24(19)28)21(27)10-17-5-8-22(29-3)23(11-17)30-4/h5-8,11,15-16,26,28H,9-10,12-14H2,1-4H3/t15-,16-/m0/s1. The molecule has 1 fully saturated rings. The summed E-state index contributed by atoms with van der Waals surface area (Å²) in [5, 5.41) is 21.2. The van der Waals surface area contributed by atoms with E-state index in [-0.39, 0.29) is 29.3 Å². The molecule has 0 radical (unpaired) electrons. The Morgan fingerprint density at radius 1 is 1.03 bits per heavy atom. The van der Waals surface area contributed by atoms with Crippen LogP contribution in [0.5, 0.6) is 23.0 Å². The summed E-state index contributed by atoms with van der Waals surface area (Å²) >= 11 is 0. The molecule has 6 nitrogen and oxygen atoms in total. The van der Waals surface area contributed by atoms with E-state index in [0.717, 1.165) is 18.7 Å². The predicted molar refractivity (Wildman–Crippen MR) is 116 cm³/mol. The van der Waals surface area contributed by atoms with Crippen LogP contribution in [0.1, 0.15) is 41.8 Å². The molecule has 1 saturated heterocycles. The largest absolute Gasteiger partial charge is 0.507 e. The third kappa shape index (κ3) is 4.87. The van der Waals surface area contributed by atoms with Gasteiger partial charge in [0.05, 0.1) is 25.3 Å². The first-order valence-corrected chi connectivity index (χ1v) is 10.3. The van der Waals surface area contributed by atoms with Crippen LogP contribution in [-0.4, -0.2) is 48.2 Å². The zero-order chi connectivity index (χ0) is 21.8. The van der Waals surface area contributed by atoms with Crippen LogP contribution in [-0.2, 0) is 13.0 Å². The fourth-order valence-corrected chi connectivity index (χ4v) is 4.42. The van der Waals surface area contributed by atoms with Gasteiger partial charge in [0.2, 0.25) is 0 Å². The van der Waals surface area contributed by atoms with E-state index in [9.17, 15) is 15.0 Å². The molecule has 0 aliphatic carbocycles. The Morgan fingerprint density at radius 3 is 2.33 bits per heavy atom. The molecule has 2 aromatic rings. The highest BCUT2D eigenvalue weighted by atomic mass is 16.5. The van der Waals surface area contributed by atoms with Crippen molar-refractivity contribution in [3.63, 3.8) is 0 Å². The molecule has 0 unspecified atom stereocenters. The lowest BCUT2D eigenvalue weighted by molar-refractivity contribution is 0.0989. The topological polar surface area (TPSA) is 79.2 Å². The zero-order valence-corrected chi connectivity index (χ0v) is 18.1. The van der Waals surface area contributed by atoms with Gasteiger partial charge in [0.25, 0.3) is 0 Å². The number of carbonyl (C=O) groups excluding carboxylic acids is 1. The minimum Gasteiger partial charge on any atom is -0.507 e. The van der Waals surface area contributed by atoms with Gasteiger partial charge in [-0.1, -0.05) is 19.9 Å². The first-order valence-electron chi connectivity index (χ1n) is 10.3. The summed E-state index contributed by atoms with van der Waals surface area (Å²) in [6.07, 6.45) is 1.29. The average molecular weight is 414 g/mol. The van der Waals surface area contributed by atoms with Gasteiger partial charge in [-0.3, -0.25) is 9.69 Å². The molecule has 0 amide bonds. The smallest absolute Gasteiger partial charge is 0.170 e. The molecule has 2 atom stereocenters. The second-order valence-corrected chi connectivity index (χ2v) is 8.39. The van der Waals surface area contributed by atoms with E-state index < -0.39 is 0 Å². The predicted octanol–water partition coefficient (Wildman–Crippen LogP) is 4.02. The number of ether oxygens (including phenoxy) is 2. The van der Waals surface area contributed by atoms with E-state index in [1.807, 2.05) is 0 Å². The van der Waals surface area contributed by atoms with Crippen LogP contribution in [0.25, 0.3) is 0 Å². The summed E-state index contributed by atoms with van der Waals surface area (Å²) in [4.78, 5) is 15.2. The second-order valence-electron chi connectivity index (χ2n) is 8.39. The number of carbonyl (C=O) groups is 1. The number of likely N-dealkylation sites (tertiary alicyclic amines) is 1. The van der Waals surface area contributed by atoms with Gasteiger partial charge in [0, 0.05) is 26.1 Å². The number of benzene rings is 2. The molecule has 0 saturated carbocycles. The third-order valence-corrected chi connectivity index (χ3v) is 5.70. The van der Waals surface area contributed by atoms with Crippen molar-refractivity contribution >= 4 is 5.78 Å². The molecule has 3 rings (SSSR count). The number of phenols is 2. The Labute approximate surface area is 178 Å². The van der Waals surface area contributed by atoms with E-state index >= 15 is 0 Å². The Bertz CT molecular complexity index is 901. The van der Waals surface area contributed by atoms with Crippen LogP contribution in [0.4, 0.5) is 0 Å². The summed E-state index contributed by atoms with van der Waals surface area (Å²) in [5.74, 6) is 1.93. The monoisotopic (exact) mass is 413 g/mol. The molecule has 6 heteroatoms. The molecule has 0 spiro atoms. The lowest BCUT2D eigenvalue weighted by atomic mass is 9.91. The van der Waals surface area contributed by atoms with Crippen LogP contribution >= 0.6 is 0 Å². The van der Waals surface area contributed by atoms with E-state index in [1.54, 1.807) is 32.4 Å². The number of rotatable bonds is 7. The molecule has 2 aromatic carbocycles. The minimum atomic E-state index is -0.221. The van der Waals surface area contributed by atoms with E-state index in [4.69, 9.17) is 9.47 Å². The number of ketones is 1. The molecule has 1 aliphatic rings. The van der Waals surface area contributed by atoms with Gasteiger partial charge in [-0.15, -0.1) is 0 Å². The van der Waals surface area contributed by atoms with E-state index in [1.165, 1.54) is 18.6 Å². The first kappa shape index (κ1) is 22.0. The van der Waals surface area contributed by atoms with Crippen LogP contribution in [0.3, 0.4) is 0 Å². The molecule has 1 aliphatic heterocycles. The molecule has 30 heavy (non-hydrogen) atoms. The molecule has 0 bridgehead atoms. The van der Waals surface area contributed by atoms with E-state index in [2.05, 4.69) is 18.7 Å². The third-order valence-electron chi connectivity index (χ3n) is 5.70. The van der Waals surface area contributed by atoms with Crippen molar-refractivity contribution in [2.24, 2.45) is 11.8 Å². The van der Waals surface area contributed by atoms with Crippen molar-refractivity contribution in [3.05, 3.63) is 47.0 Å². The number of aromatic hydroxyl groups is 2. The Hall–Kier alpha value is -2.73. The molecular weight excluding hydrogens is 382 g/mol. The van der Waals surface area contributed by atoms with Crippen LogP contribution in [0.2, 0.25) is 0 Å². The summed E-state index contributed by atoms with van der Waals surface area (Å²) in [6.45, 7) is 6.67. The number of hydrogen-bond acceptors (Lipinski definition) is 6. The maximum atomic E-state index is 12.9. The SMILES string of the molecule is COc1ccc(CC(=O)c2ccc(O)c(CN3C[C@@H](C)C[C@H](C)C3)c2O)cc1OC. The van der Waals surface area contributed by atoms with Gasteiger partial charge in [-0.2, -0.15) is 0 Å². The lowest BCUT2D eigenvalue weighted by Gasteiger charge is -2.35. The van der Waals surface area contributed by atoms with E-state index in [0.29, 0.717) is 35.4 Å². The maximum Gasteiger partial charge on any atom is 0.170 e. The first-order chi connectivity index (χ1) is 14.3. The van der Waals surface area contributed by atoms with Gasteiger partial charge < -0.3 is 19.7 Å². The summed E-state index contributed by atoms with van der Waals surface area (Å²) in [7, 11) is 3.10. The highest BCUT2D eigenvalue weighted by molar-refractivity contribution is 6.00. The highest BCUT2D eigenvalue weighted by Crippen LogP contribution is 2.35. The van der Waals surface area contributed by atoms with Crippen LogP contribution in [0, 0.1) is 11.8 Å². The number of nitrogens with zero attached hydrogens (tertiary/aromatic N) is 1. The quantitative estimate of drug-likeness (QED) is 0.668. The fourth-order valence-electron chi connectivity index (χ4n) is 4.42. The lowest BCUT2D eigenvalue weighted by Crippen LogP contribution is -2.38. The fraction of sp³-hybridized carbons (Fsp3) is 0.458. The maximum absolute atomic E-state index is 12.9. The van der Waals surface area contributed by atoms with Gasteiger partial charge >= 0.3 is 0 Å². The van der Waals surface area contributed by atoms with Crippen molar-refractivity contribution < 1.29 is 24.5 Å². The molecule has 162 valence electrons. The van der Waals surface area contributed by atoms with Gasteiger partial charge in [-0.05, 0) is 48.1 Å². The Kier molecular flexibility index (Phi) is 6.87. The van der Waals surface area contributed by atoms with Crippen molar-refractivity contribution in [3.8, 4) is 23.0 Å². The summed E-state index contributed by atoms with van der Waals surface area (Å²) < 4.78 is 10.5. The highest BCUT2D eigenvalue weighted by Gasteiger charge is 2.25. The molecule has 1 heterocycles. The number of Topliss-reactive ketones (excluding diaryl/α,β-unsaturated/α-hetero) is 1. The second kappa shape index (κ2) is 9.39.